The van der Waals surface area contributed by atoms with E-state index in [2.05, 4.69) is 41.4 Å². The number of nitrogens with zero attached hydrogens (tertiary/aromatic N) is 5. The van der Waals surface area contributed by atoms with Crippen molar-refractivity contribution in [3.63, 3.8) is 0 Å². The number of hydrogen-bond donors (Lipinski definition) is 1. The molecule has 0 saturated carbocycles. The number of halogens is 2. The summed E-state index contributed by atoms with van der Waals surface area (Å²) in [6.45, 7) is 2.81. The minimum atomic E-state index is -0.438. The van der Waals surface area contributed by atoms with Gasteiger partial charge < -0.3 is 14.2 Å². The van der Waals surface area contributed by atoms with Crippen LogP contribution in [0, 0.1) is 12.7 Å². The quantitative estimate of drug-likeness (QED) is 0.345. The van der Waals surface area contributed by atoms with Crippen molar-refractivity contribution in [3.8, 4) is 28.4 Å². The molecule has 4 aromatic rings. The van der Waals surface area contributed by atoms with Crippen molar-refractivity contribution in [3.05, 3.63) is 70.4 Å². The number of aromatic nitrogens is 4. The molecule has 0 spiro atoms. The van der Waals surface area contributed by atoms with Crippen LogP contribution in [0.2, 0.25) is 0 Å². The van der Waals surface area contributed by atoms with E-state index in [0.717, 1.165) is 0 Å². The van der Waals surface area contributed by atoms with Gasteiger partial charge in [0.25, 0.3) is 5.91 Å². The predicted molar refractivity (Wildman–Crippen MR) is 132 cm³/mol. The molecule has 0 radical (unpaired) electrons. The Morgan fingerprint density at radius 1 is 1.14 bits per heavy atom. The molecule has 35 heavy (non-hydrogen) atoms. The summed E-state index contributed by atoms with van der Waals surface area (Å²) in [6, 6.07) is 11.3. The number of anilines is 1. The number of aryl methyl sites for hydroxylation is 1. The molecule has 0 unspecified atom stereocenters. The minimum absolute atomic E-state index is 0.112. The highest BCUT2D eigenvalue weighted by Gasteiger charge is 2.14. The van der Waals surface area contributed by atoms with Crippen LogP contribution in [0.5, 0.6) is 5.88 Å². The van der Waals surface area contributed by atoms with Crippen molar-refractivity contribution in [1.82, 2.24) is 25.0 Å². The van der Waals surface area contributed by atoms with E-state index < -0.39 is 11.7 Å². The van der Waals surface area contributed by atoms with E-state index >= 15 is 0 Å². The maximum atomic E-state index is 14.8. The topological polar surface area (TPSA) is 106 Å². The number of benzene rings is 2. The van der Waals surface area contributed by atoms with Gasteiger partial charge in [0.15, 0.2) is 0 Å². The summed E-state index contributed by atoms with van der Waals surface area (Å²) in [4.78, 5) is 27.1. The normalized spacial score (nSPS) is 11.0. The second kappa shape index (κ2) is 10.7. The zero-order valence-corrected chi connectivity index (χ0v) is 20.8. The minimum Gasteiger partial charge on any atom is -0.475 e. The van der Waals surface area contributed by atoms with Crippen molar-refractivity contribution < 1.29 is 18.4 Å². The molecule has 180 valence electrons. The highest BCUT2D eigenvalue weighted by Crippen LogP contribution is 2.27. The van der Waals surface area contributed by atoms with E-state index in [1.807, 2.05) is 19.0 Å². The largest absolute Gasteiger partial charge is 0.475 e. The van der Waals surface area contributed by atoms with Crippen molar-refractivity contribution in [2.45, 2.75) is 6.92 Å². The molecule has 2 heterocycles. The number of ether oxygens (including phenoxy) is 1. The van der Waals surface area contributed by atoms with Gasteiger partial charge in [-0.3, -0.25) is 10.1 Å². The summed E-state index contributed by atoms with van der Waals surface area (Å²) in [5.74, 6) is 0.331. The number of carbonyl (C=O) groups is 1. The van der Waals surface area contributed by atoms with Gasteiger partial charge in [-0.1, -0.05) is 29.4 Å². The number of rotatable bonds is 8. The van der Waals surface area contributed by atoms with Crippen molar-refractivity contribution in [2.75, 3.05) is 32.6 Å². The highest BCUT2D eigenvalue weighted by atomic mass is 79.9. The summed E-state index contributed by atoms with van der Waals surface area (Å²) in [5.41, 5.74) is 1.89. The molecule has 4 rings (SSSR count). The Balaban J connectivity index is 1.45. The number of hydrogen-bond acceptors (Lipinski definition) is 8. The maximum Gasteiger partial charge on any atom is 0.258 e. The van der Waals surface area contributed by atoms with Crippen molar-refractivity contribution in [1.29, 1.82) is 0 Å². The third-order valence-electron chi connectivity index (χ3n) is 4.93. The molecule has 1 amide bonds. The van der Waals surface area contributed by atoms with E-state index in [-0.39, 0.29) is 5.95 Å². The van der Waals surface area contributed by atoms with E-state index in [9.17, 15) is 9.18 Å². The lowest BCUT2D eigenvalue weighted by Crippen LogP contribution is -2.20. The number of amides is 1. The molecular weight excluding hydrogens is 519 g/mol. The van der Waals surface area contributed by atoms with Crippen molar-refractivity contribution in [2.24, 2.45) is 0 Å². The molecule has 1 N–H and O–H groups in total. The monoisotopic (exact) mass is 540 g/mol. The zero-order chi connectivity index (χ0) is 24.9. The Kier molecular flexibility index (Phi) is 7.47. The number of nitrogens with one attached hydrogen (secondary N) is 1. The third-order valence-corrected chi connectivity index (χ3v) is 5.47. The van der Waals surface area contributed by atoms with Gasteiger partial charge in [-0.2, -0.15) is 9.97 Å². The van der Waals surface area contributed by atoms with E-state index in [1.54, 1.807) is 43.3 Å². The predicted octanol–water partition coefficient (Wildman–Crippen LogP) is 4.60. The molecule has 0 aliphatic heterocycles. The smallest absolute Gasteiger partial charge is 0.258 e. The van der Waals surface area contributed by atoms with Crippen LogP contribution >= 0.6 is 15.9 Å². The second-order valence-corrected chi connectivity index (χ2v) is 8.72. The molecule has 0 bridgehead atoms. The zero-order valence-electron chi connectivity index (χ0n) is 19.2. The van der Waals surface area contributed by atoms with Crippen LogP contribution in [0.4, 0.5) is 10.3 Å². The lowest BCUT2D eigenvalue weighted by molar-refractivity contribution is 0.102. The maximum absolute atomic E-state index is 14.8. The van der Waals surface area contributed by atoms with Gasteiger partial charge in [0.2, 0.25) is 23.5 Å². The first-order chi connectivity index (χ1) is 16.8. The first-order valence-corrected chi connectivity index (χ1v) is 11.4. The highest BCUT2D eigenvalue weighted by molar-refractivity contribution is 9.10. The molecule has 0 aliphatic carbocycles. The third kappa shape index (κ3) is 6.06. The van der Waals surface area contributed by atoms with Crippen LogP contribution in [-0.4, -0.2) is 58.2 Å². The summed E-state index contributed by atoms with van der Waals surface area (Å²) in [7, 11) is 3.88. The van der Waals surface area contributed by atoms with Gasteiger partial charge in [-0.25, -0.2) is 9.37 Å². The van der Waals surface area contributed by atoms with Gasteiger partial charge >= 0.3 is 0 Å². The molecule has 0 fully saturated rings. The van der Waals surface area contributed by atoms with Gasteiger partial charge in [-0.05, 0) is 53.8 Å². The Morgan fingerprint density at radius 3 is 2.54 bits per heavy atom. The lowest BCUT2D eigenvalue weighted by atomic mass is 10.0. The van der Waals surface area contributed by atoms with Crippen LogP contribution < -0.4 is 10.1 Å². The average Bonchev–Trinajstić information content (AvgIpc) is 3.27. The van der Waals surface area contributed by atoms with Crippen LogP contribution in [0.25, 0.3) is 22.5 Å². The van der Waals surface area contributed by atoms with Crippen LogP contribution in [0.3, 0.4) is 0 Å². The summed E-state index contributed by atoms with van der Waals surface area (Å²) in [6.07, 6.45) is 1.51. The van der Waals surface area contributed by atoms with Crippen molar-refractivity contribution >= 4 is 27.8 Å². The average molecular weight is 541 g/mol. The molecule has 0 atom stereocenters. The molecule has 2 aromatic carbocycles. The van der Waals surface area contributed by atoms with E-state index in [1.165, 1.54) is 12.3 Å². The van der Waals surface area contributed by atoms with Gasteiger partial charge in [0, 0.05) is 30.2 Å². The van der Waals surface area contributed by atoms with Crippen LogP contribution in [-0.2, 0) is 0 Å². The van der Waals surface area contributed by atoms with E-state index in [4.69, 9.17) is 9.26 Å². The van der Waals surface area contributed by atoms with Gasteiger partial charge in [0.1, 0.15) is 12.4 Å². The van der Waals surface area contributed by atoms with Gasteiger partial charge in [-0.15, -0.1) is 0 Å². The van der Waals surface area contributed by atoms with E-state index in [0.29, 0.717) is 57.5 Å². The Labute approximate surface area is 209 Å². The lowest BCUT2D eigenvalue weighted by Gasteiger charge is -2.12. The number of carbonyl (C=O) groups excluding carboxylic acids is 1. The first kappa shape index (κ1) is 24.4. The standard InChI is InChI=1S/C24H22BrFN6O3/c1-14-28-21(31-35-14)17-8-9-18(20(26)12-17)15-4-6-16(7-5-15)22(33)29-24-27-13-19(25)23(30-24)34-11-10-32(2)3/h4-9,12-13H,10-11H2,1-3H3,(H,27,29,30,33). The summed E-state index contributed by atoms with van der Waals surface area (Å²) >= 11 is 3.34. The SMILES string of the molecule is Cc1nc(-c2ccc(-c3ccc(C(=O)Nc4ncc(Br)c(OCCN(C)C)n4)cc3)c(F)c2)no1. The Bertz CT molecular complexity index is 1340. The fraction of sp³-hybridized carbons (Fsp3) is 0.208. The molecule has 2 aromatic heterocycles. The first-order valence-electron chi connectivity index (χ1n) is 10.6. The fourth-order valence-electron chi connectivity index (χ4n) is 3.12. The Morgan fingerprint density at radius 2 is 1.89 bits per heavy atom. The molecule has 0 aliphatic rings. The van der Waals surface area contributed by atoms with Gasteiger partial charge in [0.05, 0.1) is 10.7 Å². The summed E-state index contributed by atoms with van der Waals surface area (Å²) in [5, 5.41) is 6.46. The number of likely N-dealkylation sites (N-methyl/N-ethyl adjacent to an activating group) is 1. The summed E-state index contributed by atoms with van der Waals surface area (Å²) < 4.78 is 26.0. The van der Waals surface area contributed by atoms with Crippen LogP contribution in [0.1, 0.15) is 16.2 Å². The van der Waals surface area contributed by atoms with Crippen LogP contribution in [0.15, 0.2) is 57.7 Å². The molecule has 0 saturated heterocycles. The molecule has 9 nitrogen and oxygen atoms in total. The molecular formula is C24H22BrFN6O3. The fourth-order valence-corrected chi connectivity index (χ4v) is 3.42. The molecule has 11 heteroatoms. The second-order valence-electron chi connectivity index (χ2n) is 7.86. The Hall–Kier alpha value is -3.70.